The van der Waals surface area contributed by atoms with Crippen LogP contribution in [0, 0.1) is 0 Å². The van der Waals surface area contributed by atoms with Crippen molar-refractivity contribution in [1.29, 1.82) is 0 Å². The second kappa shape index (κ2) is 6.10. The first-order chi connectivity index (χ1) is 10.5. The van der Waals surface area contributed by atoms with Crippen LogP contribution in [0.2, 0.25) is 0 Å². The van der Waals surface area contributed by atoms with E-state index < -0.39 is 9.84 Å². The number of aromatic amines is 1. The van der Waals surface area contributed by atoms with Crippen molar-refractivity contribution < 1.29 is 8.42 Å². The van der Waals surface area contributed by atoms with Gasteiger partial charge in [0.15, 0.2) is 14.9 Å². The summed E-state index contributed by atoms with van der Waals surface area (Å²) in [5.41, 5.74) is 2.36. The molecule has 5 nitrogen and oxygen atoms in total. The molecule has 0 radical (unpaired) electrons. The van der Waals surface area contributed by atoms with Gasteiger partial charge in [0.25, 0.3) is 0 Å². The summed E-state index contributed by atoms with van der Waals surface area (Å²) < 4.78 is 22.6. The van der Waals surface area contributed by atoms with Crippen LogP contribution in [0.1, 0.15) is 5.56 Å². The van der Waals surface area contributed by atoms with E-state index in [1.165, 1.54) is 16.4 Å². The van der Waals surface area contributed by atoms with E-state index in [4.69, 9.17) is 12.2 Å². The maximum Gasteiger partial charge on any atom is 0.173 e. The Balaban J connectivity index is 1.49. The molecule has 3 rings (SSSR count). The van der Waals surface area contributed by atoms with E-state index in [2.05, 4.69) is 21.7 Å². The van der Waals surface area contributed by atoms with Crippen molar-refractivity contribution >= 4 is 38.1 Å². The second-order valence-corrected chi connectivity index (χ2v) is 7.61. The minimum absolute atomic E-state index is 0.0667. The number of H-pyrrole nitrogens is 1. The molecule has 22 heavy (non-hydrogen) atoms. The van der Waals surface area contributed by atoms with Crippen molar-refractivity contribution in [3.05, 3.63) is 47.5 Å². The predicted octanol–water partition coefficient (Wildman–Crippen LogP) is 1.49. The molecule has 2 aromatic rings. The number of benzene rings is 1. The highest BCUT2D eigenvalue weighted by molar-refractivity contribution is 7.94. The Bertz CT molecular complexity index is 824. The number of sulfone groups is 1. The normalized spacial score (nSPS) is 19.4. The molecule has 116 valence electrons. The zero-order valence-corrected chi connectivity index (χ0v) is 13.5. The van der Waals surface area contributed by atoms with Crippen LogP contribution in [0.5, 0.6) is 0 Å². The Morgan fingerprint density at radius 2 is 2.18 bits per heavy atom. The van der Waals surface area contributed by atoms with Gasteiger partial charge in [-0.15, -0.1) is 0 Å². The fraction of sp³-hybridized carbons (Fsp3) is 0.267. The quantitative estimate of drug-likeness (QED) is 0.738. The zero-order chi connectivity index (χ0) is 15.6. The van der Waals surface area contributed by atoms with Crippen LogP contribution in [-0.4, -0.2) is 36.9 Å². The minimum atomic E-state index is -3.06. The summed E-state index contributed by atoms with van der Waals surface area (Å²) in [6, 6.07) is 7.92. The van der Waals surface area contributed by atoms with Crippen LogP contribution >= 0.6 is 12.2 Å². The highest BCUT2D eigenvalue weighted by Gasteiger charge is 2.21. The van der Waals surface area contributed by atoms with Gasteiger partial charge in [-0.3, -0.25) is 0 Å². The third-order valence-corrected chi connectivity index (χ3v) is 5.26. The standard InChI is InChI=1S/C15H17N3O2S2/c19-22(20)8-6-12(10-22)18-15(21)16-7-5-11-9-17-14-4-2-1-3-13(11)14/h1-4,6,8-9,12,17H,5,7,10H2,(H2,16,18,21)/t12-/m1/s1. The summed E-state index contributed by atoms with van der Waals surface area (Å²) in [5, 5.41) is 9.05. The highest BCUT2D eigenvalue weighted by atomic mass is 32.2. The van der Waals surface area contributed by atoms with Crippen LogP contribution in [0.4, 0.5) is 0 Å². The van der Waals surface area contributed by atoms with Crippen LogP contribution < -0.4 is 10.6 Å². The molecule has 1 atom stereocenters. The Morgan fingerprint density at radius 3 is 2.95 bits per heavy atom. The van der Waals surface area contributed by atoms with Gasteiger partial charge in [-0.05, 0) is 36.3 Å². The molecule has 1 aromatic heterocycles. The summed E-state index contributed by atoms with van der Waals surface area (Å²) in [6.45, 7) is 0.691. The molecule has 0 aliphatic carbocycles. The van der Waals surface area contributed by atoms with Gasteiger partial charge in [0.2, 0.25) is 0 Å². The van der Waals surface area contributed by atoms with Gasteiger partial charge in [0.1, 0.15) is 0 Å². The van der Waals surface area contributed by atoms with Crippen molar-refractivity contribution in [2.45, 2.75) is 12.5 Å². The van der Waals surface area contributed by atoms with Crippen molar-refractivity contribution in [3.8, 4) is 0 Å². The fourth-order valence-electron chi connectivity index (χ4n) is 2.53. The molecule has 0 unspecified atom stereocenters. The molecule has 7 heteroatoms. The summed E-state index contributed by atoms with van der Waals surface area (Å²) in [4.78, 5) is 3.24. The second-order valence-electron chi connectivity index (χ2n) is 5.27. The predicted molar refractivity (Wildman–Crippen MR) is 92.5 cm³/mol. The number of nitrogens with one attached hydrogen (secondary N) is 3. The topological polar surface area (TPSA) is 74.0 Å². The lowest BCUT2D eigenvalue weighted by Gasteiger charge is -2.14. The van der Waals surface area contributed by atoms with Gasteiger partial charge in [-0.25, -0.2) is 8.42 Å². The van der Waals surface area contributed by atoms with Gasteiger partial charge in [0, 0.05) is 29.1 Å². The first-order valence-electron chi connectivity index (χ1n) is 7.04. The molecular weight excluding hydrogens is 318 g/mol. The summed E-state index contributed by atoms with van der Waals surface area (Å²) in [7, 11) is -3.06. The van der Waals surface area contributed by atoms with Gasteiger partial charge in [-0.2, -0.15) is 0 Å². The Morgan fingerprint density at radius 1 is 1.36 bits per heavy atom. The van der Waals surface area contributed by atoms with Crippen molar-refractivity contribution in [1.82, 2.24) is 15.6 Å². The van der Waals surface area contributed by atoms with E-state index in [0.29, 0.717) is 11.7 Å². The van der Waals surface area contributed by atoms with Crippen molar-refractivity contribution in [3.63, 3.8) is 0 Å². The van der Waals surface area contributed by atoms with E-state index in [-0.39, 0.29) is 11.8 Å². The van der Waals surface area contributed by atoms with Gasteiger partial charge in [0.05, 0.1) is 11.8 Å². The molecule has 0 fully saturated rings. The molecule has 3 N–H and O–H groups in total. The molecule has 0 saturated heterocycles. The third kappa shape index (κ3) is 3.48. The Kier molecular flexibility index (Phi) is 4.17. The van der Waals surface area contributed by atoms with Crippen LogP contribution in [0.25, 0.3) is 10.9 Å². The molecule has 0 saturated carbocycles. The first-order valence-corrected chi connectivity index (χ1v) is 9.16. The average Bonchev–Trinajstić information content (AvgIpc) is 3.03. The number of fused-ring (bicyclic) bond motifs is 1. The summed E-state index contributed by atoms with van der Waals surface area (Å²) >= 11 is 5.20. The van der Waals surface area contributed by atoms with Crippen molar-refractivity contribution in [2.75, 3.05) is 12.3 Å². The molecule has 1 aliphatic heterocycles. The van der Waals surface area contributed by atoms with Gasteiger partial charge >= 0.3 is 0 Å². The van der Waals surface area contributed by atoms with Gasteiger partial charge < -0.3 is 15.6 Å². The molecular formula is C15H17N3O2S2. The van der Waals surface area contributed by atoms with E-state index >= 15 is 0 Å². The average molecular weight is 335 g/mol. The molecule has 0 bridgehead atoms. The van der Waals surface area contributed by atoms with E-state index in [1.54, 1.807) is 6.08 Å². The molecule has 0 spiro atoms. The maximum absolute atomic E-state index is 11.3. The largest absolute Gasteiger partial charge is 0.362 e. The lowest BCUT2D eigenvalue weighted by molar-refractivity contribution is 0.602. The van der Waals surface area contributed by atoms with Crippen LogP contribution in [0.15, 0.2) is 41.9 Å². The lowest BCUT2D eigenvalue weighted by atomic mass is 10.1. The first kappa shape index (κ1) is 15.1. The molecule has 1 aromatic carbocycles. The van der Waals surface area contributed by atoms with Crippen LogP contribution in [0.3, 0.4) is 0 Å². The Hall–Kier alpha value is -1.86. The van der Waals surface area contributed by atoms with Crippen LogP contribution in [-0.2, 0) is 16.3 Å². The Labute approximate surface area is 134 Å². The maximum atomic E-state index is 11.3. The van der Waals surface area contributed by atoms with E-state index in [0.717, 1.165) is 11.9 Å². The van der Waals surface area contributed by atoms with E-state index in [9.17, 15) is 8.42 Å². The third-order valence-electron chi connectivity index (χ3n) is 3.60. The molecule has 0 amide bonds. The summed E-state index contributed by atoms with van der Waals surface area (Å²) in [6.07, 6.45) is 4.47. The zero-order valence-electron chi connectivity index (χ0n) is 11.9. The number of hydrogen-bond donors (Lipinski definition) is 3. The number of aromatic nitrogens is 1. The number of thiocarbonyl (C=S) groups is 1. The van der Waals surface area contributed by atoms with Gasteiger partial charge in [-0.1, -0.05) is 18.2 Å². The smallest absolute Gasteiger partial charge is 0.173 e. The number of hydrogen-bond acceptors (Lipinski definition) is 3. The lowest BCUT2D eigenvalue weighted by Crippen LogP contribution is -2.42. The number of rotatable bonds is 4. The minimum Gasteiger partial charge on any atom is -0.362 e. The monoisotopic (exact) mass is 335 g/mol. The van der Waals surface area contributed by atoms with Crippen molar-refractivity contribution in [2.24, 2.45) is 0 Å². The molecule has 2 heterocycles. The highest BCUT2D eigenvalue weighted by Crippen LogP contribution is 2.17. The SMILES string of the molecule is O=S1(=O)C=C[C@@H](NC(=S)NCCc2c[nH]c3ccccc23)C1. The van der Waals surface area contributed by atoms with E-state index in [1.807, 2.05) is 24.4 Å². The molecule has 1 aliphatic rings. The fourth-order valence-corrected chi connectivity index (χ4v) is 4.02. The number of para-hydroxylation sites is 1. The summed E-state index contributed by atoms with van der Waals surface area (Å²) in [5.74, 6) is 0.0667.